The molecule has 0 N–H and O–H groups in total. The zero-order chi connectivity index (χ0) is 14.5. The van der Waals surface area contributed by atoms with Gasteiger partial charge in [0.1, 0.15) is 5.75 Å². The van der Waals surface area contributed by atoms with Gasteiger partial charge >= 0.3 is 0 Å². The first-order chi connectivity index (χ1) is 9.63. The van der Waals surface area contributed by atoms with E-state index in [1.807, 2.05) is 30.3 Å². The Morgan fingerprint density at radius 2 is 2.00 bits per heavy atom. The predicted molar refractivity (Wildman–Crippen MR) is 81.5 cm³/mol. The Balaban J connectivity index is 2.27. The Morgan fingerprint density at radius 1 is 1.20 bits per heavy atom. The molecule has 2 nitrogen and oxygen atoms in total. The average Bonchev–Trinajstić information content (AvgIpc) is 2.46. The highest BCUT2D eigenvalue weighted by Crippen LogP contribution is 2.28. The van der Waals surface area contributed by atoms with Crippen LogP contribution in [0.3, 0.4) is 0 Å². The zero-order valence-corrected chi connectivity index (χ0v) is 12.4. The van der Waals surface area contributed by atoms with Crippen LogP contribution in [0.15, 0.2) is 42.5 Å². The van der Waals surface area contributed by atoms with Crippen LogP contribution in [0, 0.1) is 11.3 Å². The van der Waals surface area contributed by atoms with Crippen molar-refractivity contribution in [3.63, 3.8) is 0 Å². The Labute approximate surface area is 128 Å². The molecule has 0 saturated heterocycles. The fourth-order valence-electron chi connectivity index (χ4n) is 2.00. The maximum Gasteiger partial charge on any atom is 0.119 e. The fourth-order valence-corrected chi connectivity index (χ4v) is 2.49. The molecule has 0 radical (unpaired) electrons. The van der Waals surface area contributed by atoms with Crippen molar-refractivity contribution in [1.82, 2.24) is 0 Å². The summed E-state index contributed by atoms with van der Waals surface area (Å²) in [6.45, 7) is 0. The molecule has 0 amide bonds. The van der Waals surface area contributed by atoms with E-state index in [2.05, 4.69) is 6.07 Å². The van der Waals surface area contributed by atoms with Crippen molar-refractivity contribution in [3.05, 3.63) is 63.6 Å². The van der Waals surface area contributed by atoms with Gasteiger partial charge in [0.15, 0.2) is 0 Å². The molecule has 2 aromatic rings. The molecule has 4 heteroatoms. The van der Waals surface area contributed by atoms with Crippen molar-refractivity contribution < 1.29 is 4.74 Å². The average molecular weight is 306 g/mol. The number of hydrogen-bond acceptors (Lipinski definition) is 2. The summed E-state index contributed by atoms with van der Waals surface area (Å²) in [4.78, 5) is 0. The molecule has 102 valence electrons. The second kappa shape index (κ2) is 6.65. The minimum absolute atomic E-state index is 0.274. The first-order valence-corrected chi connectivity index (χ1v) is 6.87. The summed E-state index contributed by atoms with van der Waals surface area (Å²) < 4.78 is 5.19. The van der Waals surface area contributed by atoms with Gasteiger partial charge in [-0.15, -0.1) is 0 Å². The molecule has 0 aromatic heterocycles. The summed E-state index contributed by atoms with van der Waals surface area (Å²) in [5, 5.41) is 10.6. The van der Waals surface area contributed by atoms with Crippen molar-refractivity contribution >= 4 is 23.2 Å². The number of methoxy groups -OCH3 is 1. The third kappa shape index (κ3) is 3.45. The first-order valence-electron chi connectivity index (χ1n) is 6.11. The molecule has 1 atom stereocenters. The third-order valence-electron chi connectivity index (χ3n) is 3.09. The Morgan fingerprint density at radius 3 is 2.65 bits per heavy atom. The van der Waals surface area contributed by atoms with Crippen LogP contribution in [0.25, 0.3) is 0 Å². The van der Waals surface area contributed by atoms with Crippen LogP contribution >= 0.6 is 23.2 Å². The summed E-state index contributed by atoms with van der Waals surface area (Å²) in [6.07, 6.45) is 0.541. The lowest BCUT2D eigenvalue weighted by atomic mass is 9.93. The number of halogens is 2. The van der Waals surface area contributed by atoms with Crippen molar-refractivity contribution in [1.29, 1.82) is 5.26 Å². The normalized spacial score (nSPS) is 11.7. The smallest absolute Gasteiger partial charge is 0.119 e. The van der Waals surface area contributed by atoms with Gasteiger partial charge in [0.25, 0.3) is 0 Å². The van der Waals surface area contributed by atoms with Crippen LogP contribution in [0.1, 0.15) is 17.0 Å². The molecule has 0 aliphatic heterocycles. The summed E-state index contributed by atoms with van der Waals surface area (Å²) in [5.74, 6) is 0.466. The van der Waals surface area contributed by atoms with Crippen LogP contribution in [0.4, 0.5) is 0 Å². The number of nitriles is 1. The molecule has 20 heavy (non-hydrogen) atoms. The van der Waals surface area contributed by atoms with E-state index in [4.69, 9.17) is 27.9 Å². The minimum atomic E-state index is -0.274. The van der Waals surface area contributed by atoms with E-state index in [0.717, 1.165) is 16.9 Å². The van der Waals surface area contributed by atoms with E-state index in [0.29, 0.717) is 16.5 Å². The van der Waals surface area contributed by atoms with Crippen molar-refractivity contribution in [2.24, 2.45) is 0 Å². The molecule has 1 unspecified atom stereocenters. The summed E-state index contributed by atoms with van der Waals surface area (Å²) >= 11 is 12.0. The molecule has 0 fully saturated rings. The van der Waals surface area contributed by atoms with E-state index < -0.39 is 0 Å². The summed E-state index contributed by atoms with van der Waals surface area (Å²) in [7, 11) is 1.61. The van der Waals surface area contributed by atoms with Gasteiger partial charge in [-0.3, -0.25) is 0 Å². The quantitative estimate of drug-likeness (QED) is 0.808. The number of hydrogen-bond donors (Lipinski definition) is 0. The molecule has 2 rings (SSSR count). The van der Waals surface area contributed by atoms with E-state index >= 15 is 0 Å². The van der Waals surface area contributed by atoms with Crippen LogP contribution in [0.5, 0.6) is 5.75 Å². The topological polar surface area (TPSA) is 33.0 Å². The molecular formula is C16H13Cl2NO. The second-order valence-electron chi connectivity index (χ2n) is 4.40. The molecule has 0 spiro atoms. The van der Waals surface area contributed by atoms with Crippen molar-refractivity contribution in [2.45, 2.75) is 12.3 Å². The van der Waals surface area contributed by atoms with Gasteiger partial charge in [-0.2, -0.15) is 5.26 Å². The highest BCUT2D eigenvalue weighted by molar-refractivity contribution is 6.35. The van der Waals surface area contributed by atoms with Gasteiger partial charge in [0, 0.05) is 10.0 Å². The zero-order valence-electron chi connectivity index (χ0n) is 10.9. The van der Waals surface area contributed by atoms with E-state index in [9.17, 15) is 5.26 Å². The van der Waals surface area contributed by atoms with Crippen molar-refractivity contribution in [2.75, 3.05) is 7.11 Å². The third-order valence-corrected chi connectivity index (χ3v) is 3.68. The molecule has 0 aliphatic rings. The van der Waals surface area contributed by atoms with Crippen LogP contribution in [-0.2, 0) is 6.42 Å². The Kier molecular flexibility index (Phi) is 4.89. The molecule has 0 bridgehead atoms. The SMILES string of the molecule is COc1cccc(C(C#N)Cc2ccc(Cl)cc2Cl)c1. The molecule has 0 aliphatic carbocycles. The highest BCUT2D eigenvalue weighted by Gasteiger charge is 2.14. The predicted octanol–water partition coefficient (Wildman–Crippen LogP) is 4.85. The molecule has 0 saturated carbocycles. The van der Waals surface area contributed by atoms with Gasteiger partial charge in [0.05, 0.1) is 19.1 Å². The second-order valence-corrected chi connectivity index (χ2v) is 5.24. The Hall–Kier alpha value is -1.69. The molecule has 0 heterocycles. The number of nitrogens with zero attached hydrogens (tertiary/aromatic N) is 1. The summed E-state index contributed by atoms with van der Waals surface area (Å²) in [5.41, 5.74) is 1.82. The molecular weight excluding hydrogens is 293 g/mol. The first kappa shape index (κ1) is 14.7. The van der Waals surface area contributed by atoms with Crippen LogP contribution in [0.2, 0.25) is 10.0 Å². The van der Waals surface area contributed by atoms with E-state index in [1.54, 1.807) is 19.2 Å². The van der Waals surface area contributed by atoms with E-state index in [-0.39, 0.29) is 5.92 Å². The Bertz CT molecular complexity index is 649. The lowest BCUT2D eigenvalue weighted by Crippen LogP contribution is -2.01. The maximum atomic E-state index is 9.39. The molecule has 2 aromatic carbocycles. The fraction of sp³-hybridized carbons (Fsp3) is 0.188. The number of ether oxygens (including phenoxy) is 1. The minimum Gasteiger partial charge on any atom is -0.497 e. The number of rotatable bonds is 4. The van der Waals surface area contributed by atoms with E-state index in [1.165, 1.54) is 0 Å². The van der Waals surface area contributed by atoms with Gasteiger partial charge in [0.2, 0.25) is 0 Å². The lowest BCUT2D eigenvalue weighted by Gasteiger charge is -2.12. The van der Waals surface area contributed by atoms with Gasteiger partial charge < -0.3 is 4.74 Å². The lowest BCUT2D eigenvalue weighted by molar-refractivity contribution is 0.414. The monoisotopic (exact) mass is 305 g/mol. The standard InChI is InChI=1S/C16H13Cl2NO/c1-20-15-4-2-3-11(8-15)13(10-19)7-12-5-6-14(17)9-16(12)18/h2-6,8-9,13H,7H2,1H3. The number of benzene rings is 2. The maximum absolute atomic E-state index is 9.39. The van der Waals surface area contributed by atoms with Gasteiger partial charge in [-0.25, -0.2) is 0 Å². The summed E-state index contributed by atoms with van der Waals surface area (Å²) in [6, 6.07) is 15.2. The van der Waals surface area contributed by atoms with Gasteiger partial charge in [-0.1, -0.05) is 41.4 Å². The highest BCUT2D eigenvalue weighted by atomic mass is 35.5. The van der Waals surface area contributed by atoms with Crippen LogP contribution < -0.4 is 4.74 Å². The van der Waals surface area contributed by atoms with Gasteiger partial charge in [-0.05, 0) is 41.8 Å². The van der Waals surface area contributed by atoms with Crippen molar-refractivity contribution in [3.8, 4) is 11.8 Å². The largest absolute Gasteiger partial charge is 0.497 e. The van der Waals surface area contributed by atoms with Crippen LogP contribution in [-0.4, -0.2) is 7.11 Å².